The van der Waals surface area contributed by atoms with Crippen molar-refractivity contribution in [1.29, 1.82) is 0 Å². The average molecular weight is 267 g/mol. The standard InChI is InChI=1S/C18H21NO/c1-13-9-10-17(11-14(13)2)19-18(20)12-15(3)16-7-5-4-6-8-16/h4-11,15H,12H2,1-3H3,(H,19,20). The van der Waals surface area contributed by atoms with Gasteiger partial charge in [-0.3, -0.25) is 4.79 Å². The van der Waals surface area contributed by atoms with Crippen molar-refractivity contribution in [1.82, 2.24) is 0 Å². The maximum absolute atomic E-state index is 12.1. The van der Waals surface area contributed by atoms with Gasteiger partial charge in [0.1, 0.15) is 0 Å². The van der Waals surface area contributed by atoms with Crippen LogP contribution in [0.5, 0.6) is 0 Å². The topological polar surface area (TPSA) is 29.1 Å². The Morgan fingerprint density at radius 1 is 1.05 bits per heavy atom. The van der Waals surface area contributed by atoms with Gasteiger partial charge in [-0.15, -0.1) is 0 Å². The van der Waals surface area contributed by atoms with Crippen LogP contribution in [0.4, 0.5) is 5.69 Å². The fraction of sp³-hybridized carbons (Fsp3) is 0.278. The molecule has 2 heteroatoms. The fourth-order valence-corrected chi connectivity index (χ4v) is 2.21. The molecule has 20 heavy (non-hydrogen) atoms. The summed E-state index contributed by atoms with van der Waals surface area (Å²) in [5.74, 6) is 0.285. The molecule has 2 nitrogen and oxygen atoms in total. The molecule has 0 heterocycles. The van der Waals surface area contributed by atoms with E-state index in [4.69, 9.17) is 0 Å². The van der Waals surface area contributed by atoms with Gasteiger partial charge in [0.2, 0.25) is 5.91 Å². The largest absolute Gasteiger partial charge is 0.326 e. The van der Waals surface area contributed by atoms with E-state index in [1.807, 2.05) is 36.4 Å². The highest BCUT2D eigenvalue weighted by Gasteiger charge is 2.11. The van der Waals surface area contributed by atoms with Crippen LogP contribution in [0.1, 0.15) is 36.0 Å². The Bertz CT molecular complexity index is 590. The van der Waals surface area contributed by atoms with E-state index in [1.165, 1.54) is 16.7 Å². The molecule has 1 amide bonds. The monoisotopic (exact) mass is 267 g/mol. The molecule has 0 aromatic heterocycles. The van der Waals surface area contributed by atoms with Crippen molar-refractivity contribution in [2.75, 3.05) is 5.32 Å². The summed E-state index contributed by atoms with van der Waals surface area (Å²) in [7, 11) is 0. The van der Waals surface area contributed by atoms with E-state index in [0.29, 0.717) is 6.42 Å². The number of amides is 1. The van der Waals surface area contributed by atoms with Crippen molar-refractivity contribution in [3.63, 3.8) is 0 Å². The summed E-state index contributed by atoms with van der Waals surface area (Å²) >= 11 is 0. The number of hydrogen-bond donors (Lipinski definition) is 1. The van der Waals surface area contributed by atoms with Crippen LogP contribution in [0.15, 0.2) is 48.5 Å². The van der Waals surface area contributed by atoms with Crippen LogP contribution in [-0.2, 0) is 4.79 Å². The van der Waals surface area contributed by atoms with Gasteiger partial charge in [-0.2, -0.15) is 0 Å². The van der Waals surface area contributed by atoms with Crippen LogP contribution in [0, 0.1) is 13.8 Å². The maximum Gasteiger partial charge on any atom is 0.224 e. The summed E-state index contributed by atoms with van der Waals surface area (Å²) in [6.45, 7) is 6.20. The molecular formula is C18H21NO. The smallest absolute Gasteiger partial charge is 0.224 e. The Morgan fingerprint density at radius 3 is 2.40 bits per heavy atom. The minimum Gasteiger partial charge on any atom is -0.326 e. The molecule has 0 spiro atoms. The molecule has 0 fully saturated rings. The van der Waals surface area contributed by atoms with Crippen LogP contribution in [0.2, 0.25) is 0 Å². The van der Waals surface area contributed by atoms with E-state index in [1.54, 1.807) is 0 Å². The summed E-state index contributed by atoms with van der Waals surface area (Å²) in [4.78, 5) is 12.1. The predicted molar refractivity (Wildman–Crippen MR) is 84.0 cm³/mol. The molecule has 2 aromatic carbocycles. The third-order valence-electron chi connectivity index (χ3n) is 3.65. The minimum absolute atomic E-state index is 0.0598. The van der Waals surface area contributed by atoms with Crippen LogP contribution in [0.25, 0.3) is 0 Å². The number of aryl methyl sites for hydroxylation is 2. The normalized spacial score (nSPS) is 11.9. The second-order valence-electron chi connectivity index (χ2n) is 5.36. The predicted octanol–water partition coefficient (Wildman–Crippen LogP) is 4.44. The van der Waals surface area contributed by atoms with Crippen LogP contribution in [-0.4, -0.2) is 5.91 Å². The second-order valence-corrected chi connectivity index (χ2v) is 5.36. The Morgan fingerprint density at radius 2 is 1.75 bits per heavy atom. The third kappa shape index (κ3) is 3.70. The molecule has 0 aliphatic heterocycles. The highest BCUT2D eigenvalue weighted by Crippen LogP contribution is 2.20. The Hall–Kier alpha value is -2.09. The summed E-state index contributed by atoms with van der Waals surface area (Å²) in [6.07, 6.45) is 0.497. The van der Waals surface area contributed by atoms with Crippen molar-refractivity contribution < 1.29 is 4.79 Å². The molecule has 0 saturated heterocycles. The first-order valence-corrected chi connectivity index (χ1v) is 6.98. The highest BCUT2D eigenvalue weighted by atomic mass is 16.1. The molecule has 1 unspecified atom stereocenters. The molecule has 1 N–H and O–H groups in total. The fourth-order valence-electron chi connectivity index (χ4n) is 2.21. The number of hydrogen-bond acceptors (Lipinski definition) is 1. The number of benzene rings is 2. The Kier molecular flexibility index (Phi) is 4.57. The zero-order valence-electron chi connectivity index (χ0n) is 12.3. The summed E-state index contributed by atoms with van der Waals surface area (Å²) in [5.41, 5.74) is 4.50. The first-order chi connectivity index (χ1) is 9.56. The lowest BCUT2D eigenvalue weighted by atomic mass is 9.97. The van der Waals surface area contributed by atoms with Gasteiger partial charge in [0, 0.05) is 12.1 Å². The van der Waals surface area contributed by atoms with Gasteiger partial charge < -0.3 is 5.32 Å². The summed E-state index contributed by atoms with van der Waals surface area (Å²) in [5, 5.41) is 2.97. The van der Waals surface area contributed by atoms with Crippen LogP contribution >= 0.6 is 0 Å². The minimum atomic E-state index is 0.0598. The summed E-state index contributed by atoms with van der Waals surface area (Å²) in [6, 6.07) is 16.1. The lowest BCUT2D eigenvalue weighted by molar-refractivity contribution is -0.116. The van der Waals surface area contributed by atoms with Crippen molar-refractivity contribution >= 4 is 11.6 Å². The SMILES string of the molecule is Cc1ccc(NC(=O)CC(C)c2ccccc2)cc1C. The first-order valence-electron chi connectivity index (χ1n) is 6.98. The zero-order valence-corrected chi connectivity index (χ0v) is 12.3. The van der Waals surface area contributed by atoms with Gasteiger partial charge in [-0.25, -0.2) is 0 Å². The highest BCUT2D eigenvalue weighted by molar-refractivity contribution is 5.91. The molecular weight excluding hydrogens is 246 g/mol. The van der Waals surface area contributed by atoms with E-state index in [-0.39, 0.29) is 11.8 Å². The van der Waals surface area contributed by atoms with Crippen molar-refractivity contribution in [2.24, 2.45) is 0 Å². The number of rotatable bonds is 4. The average Bonchev–Trinajstić information content (AvgIpc) is 2.44. The van der Waals surface area contributed by atoms with Crippen molar-refractivity contribution in [3.05, 3.63) is 65.2 Å². The first kappa shape index (κ1) is 14.3. The molecule has 2 aromatic rings. The van der Waals surface area contributed by atoms with E-state index < -0.39 is 0 Å². The lowest BCUT2D eigenvalue weighted by Crippen LogP contribution is -2.14. The lowest BCUT2D eigenvalue weighted by Gasteiger charge is -2.12. The summed E-state index contributed by atoms with van der Waals surface area (Å²) < 4.78 is 0. The molecule has 0 aliphatic rings. The molecule has 104 valence electrons. The number of nitrogens with one attached hydrogen (secondary N) is 1. The number of anilines is 1. The Labute approximate surface area is 120 Å². The van der Waals surface area contributed by atoms with E-state index in [0.717, 1.165) is 5.69 Å². The molecule has 1 atom stereocenters. The van der Waals surface area contributed by atoms with Crippen molar-refractivity contribution in [2.45, 2.75) is 33.1 Å². The Balaban J connectivity index is 1.97. The van der Waals surface area contributed by atoms with E-state index >= 15 is 0 Å². The third-order valence-corrected chi connectivity index (χ3v) is 3.65. The number of carbonyl (C=O) groups excluding carboxylic acids is 1. The van der Waals surface area contributed by atoms with Gasteiger partial charge in [0.05, 0.1) is 0 Å². The number of carbonyl (C=O) groups is 1. The van der Waals surface area contributed by atoms with Gasteiger partial charge in [0.15, 0.2) is 0 Å². The van der Waals surface area contributed by atoms with Gasteiger partial charge in [0.25, 0.3) is 0 Å². The quantitative estimate of drug-likeness (QED) is 0.872. The van der Waals surface area contributed by atoms with Gasteiger partial charge in [-0.05, 0) is 48.6 Å². The molecule has 0 bridgehead atoms. The van der Waals surface area contributed by atoms with Gasteiger partial charge >= 0.3 is 0 Å². The molecule has 0 aliphatic carbocycles. The van der Waals surface area contributed by atoms with E-state index in [9.17, 15) is 4.79 Å². The molecule has 0 saturated carbocycles. The van der Waals surface area contributed by atoms with Crippen LogP contribution < -0.4 is 5.32 Å². The van der Waals surface area contributed by atoms with Gasteiger partial charge in [-0.1, -0.05) is 43.3 Å². The zero-order chi connectivity index (χ0) is 14.5. The van der Waals surface area contributed by atoms with E-state index in [2.05, 4.69) is 38.2 Å². The second kappa shape index (κ2) is 6.38. The van der Waals surface area contributed by atoms with Crippen LogP contribution in [0.3, 0.4) is 0 Å². The maximum atomic E-state index is 12.1. The molecule has 2 rings (SSSR count). The van der Waals surface area contributed by atoms with Crippen molar-refractivity contribution in [3.8, 4) is 0 Å². The molecule has 0 radical (unpaired) electrons.